The summed E-state index contributed by atoms with van der Waals surface area (Å²) in [6.07, 6.45) is 0. The molecule has 2 heterocycles. The maximum atomic E-state index is 3.62. The maximum absolute atomic E-state index is 3.62. The summed E-state index contributed by atoms with van der Waals surface area (Å²) in [4.78, 5) is 0. The molecule has 0 aliphatic carbocycles. The van der Waals surface area contributed by atoms with Crippen molar-refractivity contribution in [3.63, 3.8) is 0 Å². The molecule has 0 aromatic rings. The Morgan fingerprint density at radius 2 is 1.77 bits per heavy atom. The Bertz CT molecular complexity index is 156. The van der Waals surface area contributed by atoms with Crippen LogP contribution < -0.4 is 21.3 Å². The van der Waals surface area contributed by atoms with Crippen LogP contribution in [0.3, 0.4) is 0 Å². The van der Waals surface area contributed by atoms with Gasteiger partial charge < -0.3 is 21.3 Å². The fourth-order valence-electron chi connectivity index (χ4n) is 2.16. The van der Waals surface area contributed by atoms with Crippen molar-refractivity contribution in [3.05, 3.63) is 0 Å². The Morgan fingerprint density at radius 3 is 2.46 bits per heavy atom. The molecular formula is C9H20N4. The molecule has 0 saturated carbocycles. The lowest BCUT2D eigenvalue weighted by molar-refractivity contribution is 0.265. The zero-order valence-electron chi connectivity index (χ0n) is 8.27. The van der Waals surface area contributed by atoms with Gasteiger partial charge in [-0.25, -0.2) is 0 Å². The monoisotopic (exact) mass is 184 g/mol. The molecule has 2 rings (SSSR count). The van der Waals surface area contributed by atoms with Gasteiger partial charge in [0.25, 0.3) is 0 Å². The van der Waals surface area contributed by atoms with Gasteiger partial charge in [-0.2, -0.15) is 0 Å². The van der Waals surface area contributed by atoms with Crippen molar-refractivity contribution >= 4 is 0 Å². The van der Waals surface area contributed by atoms with Crippen LogP contribution in [0.2, 0.25) is 0 Å². The minimum absolute atomic E-state index is 0.580. The predicted molar refractivity (Wildman–Crippen MR) is 53.9 cm³/mol. The molecule has 0 aromatic carbocycles. The third kappa shape index (κ3) is 2.40. The second-order valence-electron chi connectivity index (χ2n) is 4.10. The third-order valence-corrected chi connectivity index (χ3v) is 2.87. The first-order valence-electron chi connectivity index (χ1n) is 5.27. The molecule has 4 nitrogen and oxygen atoms in total. The van der Waals surface area contributed by atoms with E-state index in [2.05, 4.69) is 28.2 Å². The first-order chi connectivity index (χ1) is 6.36. The zero-order valence-corrected chi connectivity index (χ0v) is 8.27. The molecule has 0 bridgehead atoms. The highest BCUT2D eigenvalue weighted by Gasteiger charge is 2.26. The van der Waals surface area contributed by atoms with Gasteiger partial charge in [-0.3, -0.25) is 0 Å². The SMILES string of the molecule is C[C@H]1CNCC(C2CNCCN2)N1. The van der Waals surface area contributed by atoms with Gasteiger partial charge in [0.15, 0.2) is 0 Å². The first kappa shape index (κ1) is 9.40. The van der Waals surface area contributed by atoms with Gasteiger partial charge >= 0.3 is 0 Å². The van der Waals surface area contributed by atoms with Crippen molar-refractivity contribution in [2.45, 2.75) is 25.0 Å². The average Bonchev–Trinajstić information content (AvgIpc) is 2.19. The number of hydrogen-bond acceptors (Lipinski definition) is 4. The highest BCUT2D eigenvalue weighted by molar-refractivity contribution is 4.92. The Hall–Kier alpha value is -0.160. The van der Waals surface area contributed by atoms with E-state index >= 15 is 0 Å². The zero-order chi connectivity index (χ0) is 9.10. The van der Waals surface area contributed by atoms with E-state index in [-0.39, 0.29) is 0 Å². The molecule has 3 atom stereocenters. The van der Waals surface area contributed by atoms with Crippen molar-refractivity contribution in [2.24, 2.45) is 0 Å². The summed E-state index contributed by atoms with van der Waals surface area (Å²) in [6, 6.07) is 1.77. The molecule has 0 radical (unpaired) electrons. The van der Waals surface area contributed by atoms with Crippen molar-refractivity contribution in [2.75, 3.05) is 32.7 Å². The molecule has 2 fully saturated rings. The number of rotatable bonds is 1. The summed E-state index contributed by atoms with van der Waals surface area (Å²) in [7, 11) is 0. The van der Waals surface area contributed by atoms with Crippen molar-refractivity contribution in [1.82, 2.24) is 21.3 Å². The number of hydrogen-bond donors (Lipinski definition) is 4. The molecule has 4 N–H and O–H groups in total. The predicted octanol–water partition coefficient (Wildman–Crippen LogP) is -1.50. The fourth-order valence-corrected chi connectivity index (χ4v) is 2.16. The van der Waals surface area contributed by atoms with E-state index in [9.17, 15) is 0 Å². The van der Waals surface area contributed by atoms with E-state index in [4.69, 9.17) is 0 Å². The van der Waals surface area contributed by atoms with Crippen LogP contribution in [0.25, 0.3) is 0 Å². The summed E-state index contributed by atoms with van der Waals surface area (Å²) in [5, 5.41) is 14.0. The molecule has 4 heteroatoms. The largest absolute Gasteiger partial charge is 0.314 e. The Labute approximate surface area is 79.8 Å². The quantitative estimate of drug-likeness (QED) is 0.400. The molecule has 76 valence electrons. The standard InChI is InChI=1S/C9H20N4/c1-7-4-11-6-9(13-7)8-5-10-2-3-12-8/h7-13H,2-6H2,1H3/t7-,8?,9?/m0/s1. The molecule has 13 heavy (non-hydrogen) atoms. The molecular weight excluding hydrogens is 164 g/mol. The second-order valence-corrected chi connectivity index (χ2v) is 4.10. The van der Waals surface area contributed by atoms with E-state index in [0.29, 0.717) is 18.1 Å². The highest BCUT2D eigenvalue weighted by Crippen LogP contribution is 2.00. The molecule has 0 spiro atoms. The summed E-state index contributed by atoms with van der Waals surface area (Å²) in [6.45, 7) is 7.70. The van der Waals surface area contributed by atoms with Crippen LogP contribution in [0.1, 0.15) is 6.92 Å². The number of nitrogens with one attached hydrogen (secondary N) is 4. The van der Waals surface area contributed by atoms with Crippen molar-refractivity contribution in [1.29, 1.82) is 0 Å². The van der Waals surface area contributed by atoms with Crippen LogP contribution in [-0.2, 0) is 0 Å². The van der Waals surface area contributed by atoms with E-state index in [1.807, 2.05) is 0 Å². The lowest BCUT2D eigenvalue weighted by Crippen LogP contribution is -2.65. The fraction of sp³-hybridized carbons (Fsp3) is 1.00. The highest BCUT2D eigenvalue weighted by atomic mass is 15.2. The molecule has 0 aromatic heterocycles. The van der Waals surface area contributed by atoms with E-state index < -0.39 is 0 Å². The summed E-state index contributed by atoms with van der Waals surface area (Å²) < 4.78 is 0. The van der Waals surface area contributed by atoms with Gasteiger partial charge in [0.1, 0.15) is 0 Å². The Morgan fingerprint density at radius 1 is 0.923 bits per heavy atom. The lowest BCUT2D eigenvalue weighted by Gasteiger charge is -2.37. The van der Waals surface area contributed by atoms with E-state index in [1.165, 1.54) is 0 Å². The van der Waals surface area contributed by atoms with Gasteiger partial charge in [-0.15, -0.1) is 0 Å². The van der Waals surface area contributed by atoms with Gasteiger partial charge in [0.05, 0.1) is 0 Å². The van der Waals surface area contributed by atoms with Crippen molar-refractivity contribution < 1.29 is 0 Å². The lowest BCUT2D eigenvalue weighted by atomic mass is 10.0. The topological polar surface area (TPSA) is 48.1 Å². The van der Waals surface area contributed by atoms with Crippen LogP contribution in [0, 0.1) is 0 Å². The van der Waals surface area contributed by atoms with E-state index in [0.717, 1.165) is 32.7 Å². The summed E-state index contributed by atoms with van der Waals surface area (Å²) >= 11 is 0. The van der Waals surface area contributed by atoms with Gasteiger partial charge in [0, 0.05) is 50.8 Å². The van der Waals surface area contributed by atoms with Crippen LogP contribution >= 0.6 is 0 Å². The third-order valence-electron chi connectivity index (χ3n) is 2.87. The smallest absolute Gasteiger partial charge is 0.0361 e. The average molecular weight is 184 g/mol. The van der Waals surface area contributed by atoms with Crippen LogP contribution in [0.4, 0.5) is 0 Å². The molecule has 2 aliphatic rings. The Balaban J connectivity index is 1.83. The van der Waals surface area contributed by atoms with Crippen LogP contribution in [0.5, 0.6) is 0 Å². The summed E-state index contributed by atoms with van der Waals surface area (Å²) in [5.74, 6) is 0. The van der Waals surface area contributed by atoms with E-state index in [1.54, 1.807) is 0 Å². The second kappa shape index (κ2) is 4.37. The summed E-state index contributed by atoms with van der Waals surface area (Å²) in [5.41, 5.74) is 0. The minimum atomic E-state index is 0.580. The Kier molecular flexibility index (Phi) is 3.16. The first-order valence-corrected chi connectivity index (χ1v) is 5.27. The number of piperazine rings is 2. The minimum Gasteiger partial charge on any atom is -0.314 e. The molecule has 2 aliphatic heterocycles. The van der Waals surface area contributed by atoms with Gasteiger partial charge in [-0.05, 0) is 6.92 Å². The molecule has 0 amide bonds. The molecule has 2 unspecified atom stereocenters. The van der Waals surface area contributed by atoms with Gasteiger partial charge in [0.2, 0.25) is 0 Å². The molecule has 2 saturated heterocycles. The van der Waals surface area contributed by atoms with Gasteiger partial charge in [-0.1, -0.05) is 0 Å². The maximum Gasteiger partial charge on any atom is 0.0361 e. The van der Waals surface area contributed by atoms with Crippen LogP contribution in [-0.4, -0.2) is 50.8 Å². The van der Waals surface area contributed by atoms with Crippen LogP contribution in [0.15, 0.2) is 0 Å². The normalized spacial score (nSPS) is 41.8. The van der Waals surface area contributed by atoms with Crippen molar-refractivity contribution in [3.8, 4) is 0 Å².